The van der Waals surface area contributed by atoms with E-state index in [1.165, 1.54) is 91.9 Å². The van der Waals surface area contributed by atoms with Crippen LogP contribution in [0.25, 0.3) is 35.1 Å². The van der Waals surface area contributed by atoms with Crippen LogP contribution in [0.4, 0.5) is 22.7 Å². The Morgan fingerprint density at radius 2 is 1.54 bits per heavy atom. The van der Waals surface area contributed by atoms with Crippen molar-refractivity contribution in [3.05, 3.63) is 190 Å². The molecule has 0 saturated heterocycles. The summed E-state index contributed by atoms with van der Waals surface area (Å²) in [6, 6.07) is 30.8. The molecule has 1 aliphatic heterocycles. The topological polar surface area (TPSA) is 62.2 Å². The molecular weight excluding hydrogens is 841 g/mol. The Morgan fingerprint density at radius 1 is 0.710 bits per heavy atom. The van der Waals surface area contributed by atoms with Gasteiger partial charge in [0.2, 0.25) is 0 Å². The van der Waals surface area contributed by atoms with Gasteiger partial charge in [-0.3, -0.25) is 0 Å². The van der Waals surface area contributed by atoms with Gasteiger partial charge in [-0.05, 0) is 180 Å². The largest absolute Gasteiger partial charge is 0.341 e. The highest BCUT2D eigenvalue weighted by atomic mass is 15.2. The summed E-state index contributed by atoms with van der Waals surface area (Å²) in [5.74, 6) is 0.351. The second kappa shape index (κ2) is 18.0. The molecule has 0 amide bonds. The molecule has 6 nitrogen and oxygen atoms in total. The minimum atomic E-state index is -0.380. The van der Waals surface area contributed by atoms with Gasteiger partial charge in [0.25, 0.3) is 0 Å². The predicted molar refractivity (Wildman–Crippen MR) is 285 cm³/mol. The van der Waals surface area contributed by atoms with E-state index in [4.69, 9.17) is 0 Å². The quantitative estimate of drug-likeness (QED) is 0.157. The minimum Gasteiger partial charge on any atom is -0.341 e. The third-order valence-corrected chi connectivity index (χ3v) is 16.1. The van der Waals surface area contributed by atoms with Crippen LogP contribution in [0.2, 0.25) is 0 Å². The van der Waals surface area contributed by atoms with Gasteiger partial charge >= 0.3 is 0 Å². The molecule has 4 aromatic rings. The van der Waals surface area contributed by atoms with Crippen molar-refractivity contribution in [2.45, 2.75) is 120 Å². The van der Waals surface area contributed by atoms with E-state index in [1.807, 2.05) is 12.2 Å². The molecule has 1 aromatic heterocycles. The van der Waals surface area contributed by atoms with E-state index in [1.54, 1.807) is 0 Å². The van der Waals surface area contributed by atoms with Crippen LogP contribution >= 0.6 is 0 Å². The van der Waals surface area contributed by atoms with Crippen LogP contribution in [-0.2, 0) is 6.42 Å². The molecule has 0 fully saturated rings. The number of allylic oxidation sites excluding steroid dienone is 14. The molecule has 3 aromatic carbocycles. The molecule has 6 heteroatoms. The van der Waals surface area contributed by atoms with Crippen molar-refractivity contribution >= 4 is 46.7 Å². The van der Waals surface area contributed by atoms with E-state index < -0.39 is 0 Å². The average molecular weight is 901 g/mol. The van der Waals surface area contributed by atoms with Crippen LogP contribution < -0.4 is 25.3 Å². The van der Waals surface area contributed by atoms with Gasteiger partial charge in [-0.15, -0.1) is 0 Å². The van der Waals surface area contributed by atoms with Crippen LogP contribution in [-0.4, -0.2) is 22.2 Å². The molecule has 12 rings (SSSR count). The van der Waals surface area contributed by atoms with E-state index in [0.717, 1.165) is 87.5 Å². The zero-order valence-corrected chi connectivity index (χ0v) is 39.8. The first kappa shape index (κ1) is 43.0. The lowest BCUT2D eigenvalue weighted by atomic mass is 9.85. The minimum absolute atomic E-state index is 0.144. The van der Waals surface area contributed by atoms with Gasteiger partial charge in [-0.1, -0.05) is 91.1 Å². The van der Waals surface area contributed by atoms with Gasteiger partial charge < -0.3 is 19.3 Å². The molecular formula is C63H60N6. The lowest BCUT2D eigenvalue weighted by Crippen LogP contribution is -2.42. The van der Waals surface area contributed by atoms with Gasteiger partial charge in [-0.25, -0.2) is 0 Å². The molecule has 2 heterocycles. The number of nitriles is 2. The first-order valence-corrected chi connectivity index (χ1v) is 25.6. The fourth-order valence-electron chi connectivity index (χ4n) is 12.7. The number of nitrogens with zero attached hydrogens (tertiary/aromatic N) is 6. The summed E-state index contributed by atoms with van der Waals surface area (Å²) in [5, 5.41) is 22.3. The number of hydrogen-bond acceptors (Lipinski definition) is 5. The van der Waals surface area contributed by atoms with Gasteiger partial charge in [0.05, 0.1) is 23.7 Å². The highest BCUT2D eigenvalue weighted by Gasteiger charge is 2.41. The average Bonchev–Trinajstić information content (AvgIpc) is 3.92. The molecule has 342 valence electrons. The number of fused-ring (bicyclic) bond motifs is 6. The van der Waals surface area contributed by atoms with Crippen molar-refractivity contribution < 1.29 is 0 Å². The normalized spacial score (nSPS) is 24.1. The SMILES string of the molecule is CC1(N(c2ccc(-c3ccc(N(C4=CC=C(C#N)CC4)C4C=c5c6c(n(C7=CCCCC7)c5=CC4)CCC=C6)cc3)cc2)c2ccc3c(c2)C2C=CCCC2N3C2=CC=CCC2)C=CC(C#N)=CC1. The van der Waals surface area contributed by atoms with Crippen LogP contribution in [0.5, 0.6) is 0 Å². The molecule has 7 aliphatic carbocycles. The van der Waals surface area contributed by atoms with Crippen molar-refractivity contribution in [2.75, 3.05) is 14.7 Å². The first-order valence-electron chi connectivity index (χ1n) is 25.6. The molecule has 0 bridgehead atoms. The van der Waals surface area contributed by atoms with Crippen molar-refractivity contribution in [3.63, 3.8) is 0 Å². The number of benzene rings is 3. The Bertz CT molecular complexity index is 3230. The van der Waals surface area contributed by atoms with Crippen LogP contribution in [0.1, 0.15) is 113 Å². The number of anilines is 4. The second-order valence-corrected chi connectivity index (χ2v) is 20.3. The maximum Gasteiger partial charge on any atom is 0.0988 e. The van der Waals surface area contributed by atoms with Crippen molar-refractivity contribution in [1.29, 1.82) is 10.5 Å². The predicted octanol–water partition coefficient (Wildman–Crippen LogP) is 13.7. The van der Waals surface area contributed by atoms with Crippen molar-refractivity contribution in [3.8, 4) is 23.3 Å². The Labute approximate surface area is 407 Å². The maximum atomic E-state index is 9.81. The fraction of sp³-hybridized carbons (Fsp3) is 0.302. The van der Waals surface area contributed by atoms with E-state index in [9.17, 15) is 10.5 Å². The lowest BCUT2D eigenvalue weighted by Gasteiger charge is -2.42. The third kappa shape index (κ3) is 7.72. The number of hydrogen-bond donors (Lipinski definition) is 0. The molecule has 0 spiro atoms. The Hall–Kier alpha value is -7.28. The van der Waals surface area contributed by atoms with E-state index in [0.29, 0.717) is 12.0 Å². The van der Waals surface area contributed by atoms with Gasteiger partial charge in [0.1, 0.15) is 0 Å². The maximum absolute atomic E-state index is 9.81. The van der Waals surface area contributed by atoms with E-state index >= 15 is 0 Å². The zero-order valence-electron chi connectivity index (χ0n) is 39.8. The number of aromatic nitrogens is 1. The Morgan fingerprint density at radius 3 is 2.26 bits per heavy atom. The molecule has 0 saturated carbocycles. The molecule has 0 N–H and O–H groups in total. The monoisotopic (exact) mass is 900 g/mol. The van der Waals surface area contributed by atoms with Gasteiger partial charge in [0, 0.05) is 84.8 Å². The molecule has 4 atom stereocenters. The Kier molecular flexibility index (Phi) is 11.2. The molecule has 69 heavy (non-hydrogen) atoms. The number of rotatable bonds is 9. The molecule has 4 unspecified atom stereocenters. The summed E-state index contributed by atoms with van der Waals surface area (Å²) in [6.07, 6.45) is 49.1. The summed E-state index contributed by atoms with van der Waals surface area (Å²) in [5.41, 5.74) is 16.7. The smallest absolute Gasteiger partial charge is 0.0988 e. The highest BCUT2D eigenvalue weighted by Crippen LogP contribution is 2.51. The highest BCUT2D eigenvalue weighted by molar-refractivity contribution is 5.78. The summed E-state index contributed by atoms with van der Waals surface area (Å²) in [4.78, 5) is 7.68. The lowest BCUT2D eigenvalue weighted by molar-refractivity contribution is 0.546. The fourth-order valence-corrected chi connectivity index (χ4v) is 12.7. The summed E-state index contributed by atoms with van der Waals surface area (Å²) >= 11 is 0. The van der Waals surface area contributed by atoms with Crippen LogP contribution in [0, 0.1) is 22.7 Å². The van der Waals surface area contributed by atoms with Gasteiger partial charge in [-0.2, -0.15) is 10.5 Å². The summed E-state index contributed by atoms with van der Waals surface area (Å²) < 4.78 is 2.62. The first-order chi connectivity index (χ1) is 34.0. The third-order valence-electron chi connectivity index (χ3n) is 16.1. The van der Waals surface area contributed by atoms with E-state index in [2.05, 4.69) is 184 Å². The van der Waals surface area contributed by atoms with E-state index in [-0.39, 0.29) is 11.6 Å². The standard InChI is InChI=1S/C63H60N6/c1-63(38-36-45(43-65)37-39-63)69(54-33-35-62-58(41-54)56-17-9-11-19-60(56)68(62)49-14-6-3-7-15-49)52-30-24-47(25-31-52)46-22-28-51(29-23-46)66(50-26-20-44(42-64)21-27-50)53-32-34-61-57(40-53)55-16-8-10-18-59(55)67(61)48-12-4-2-5-13-48/h3,6,8-9,12,14,16-17,20,22-26,28-31,33-38,40-41,53,56,60H,2,4-5,7,10-11,13,15,18-19,21,27,32,39H2,1H3. The van der Waals surface area contributed by atoms with Crippen LogP contribution in [0.3, 0.4) is 0 Å². The second-order valence-electron chi connectivity index (χ2n) is 20.3. The van der Waals surface area contributed by atoms with Crippen molar-refractivity contribution in [1.82, 2.24) is 4.57 Å². The molecule has 8 aliphatic rings. The summed E-state index contributed by atoms with van der Waals surface area (Å²) in [7, 11) is 0. The summed E-state index contributed by atoms with van der Waals surface area (Å²) in [6.45, 7) is 2.30. The Balaban J connectivity index is 0.881. The zero-order chi connectivity index (χ0) is 46.5. The van der Waals surface area contributed by atoms with Crippen molar-refractivity contribution in [2.24, 2.45) is 0 Å². The van der Waals surface area contributed by atoms with Gasteiger partial charge in [0.15, 0.2) is 0 Å². The molecule has 0 radical (unpaired) electrons. The van der Waals surface area contributed by atoms with Crippen LogP contribution in [0.15, 0.2) is 162 Å².